The van der Waals surface area contributed by atoms with Crippen LogP contribution in [0.2, 0.25) is 0 Å². The molecule has 0 atom stereocenters. The van der Waals surface area contributed by atoms with Crippen molar-refractivity contribution >= 4 is 43.8 Å². The minimum Gasteiger partial charge on any atom is -0.457 e. The molecule has 0 aliphatic heterocycles. The van der Waals surface area contributed by atoms with E-state index in [9.17, 15) is 4.79 Å². The largest absolute Gasteiger partial charge is 0.457 e. The van der Waals surface area contributed by atoms with Crippen LogP contribution >= 0.6 is 15.9 Å². The van der Waals surface area contributed by atoms with Gasteiger partial charge in [0.05, 0.1) is 16.6 Å². The molecule has 3 N–H and O–H groups in total. The van der Waals surface area contributed by atoms with E-state index in [0.29, 0.717) is 17.3 Å². The molecule has 148 valence electrons. The van der Waals surface area contributed by atoms with Gasteiger partial charge >= 0.3 is 0 Å². The number of hydrogen-bond donors (Lipinski definition) is 3. The monoisotopic (exact) mass is 462 g/mol. The molecule has 0 radical (unpaired) electrons. The summed E-state index contributed by atoms with van der Waals surface area (Å²) >= 11 is 3.58. The van der Waals surface area contributed by atoms with Crippen LogP contribution in [0.15, 0.2) is 59.2 Å². The first-order chi connectivity index (χ1) is 14.6. The van der Waals surface area contributed by atoms with Gasteiger partial charge in [0, 0.05) is 35.2 Å². The molecule has 9 heteroatoms. The van der Waals surface area contributed by atoms with Crippen LogP contribution in [-0.2, 0) is 0 Å². The van der Waals surface area contributed by atoms with Crippen LogP contribution in [-0.4, -0.2) is 38.1 Å². The zero-order valence-electron chi connectivity index (χ0n) is 15.7. The maximum atomic E-state index is 11.8. The van der Waals surface area contributed by atoms with Crippen LogP contribution < -0.4 is 10.1 Å². The summed E-state index contributed by atoms with van der Waals surface area (Å²) in [7, 11) is 1.56. The van der Waals surface area contributed by atoms with Crippen molar-refractivity contribution in [1.29, 1.82) is 0 Å². The Labute approximate surface area is 178 Å². The highest BCUT2D eigenvalue weighted by atomic mass is 79.9. The van der Waals surface area contributed by atoms with Crippen molar-refractivity contribution in [1.82, 2.24) is 30.5 Å². The smallest absolute Gasteiger partial charge is 0.269 e. The number of rotatable bonds is 4. The van der Waals surface area contributed by atoms with Crippen LogP contribution in [0, 0.1) is 0 Å². The van der Waals surface area contributed by atoms with E-state index < -0.39 is 0 Å². The summed E-state index contributed by atoms with van der Waals surface area (Å²) in [5, 5.41) is 11.0. The fourth-order valence-corrected chi connectivity index (χ4v) is 3.78. The summed E-state index contributed by atoms with van der Waals surface area (Å²) in [5.74, 6) is 1.52. The molecule has 0 aliphatic rings. The number of nitrogens with one attached hydrogen (secondary N) is 3. The predicted octanol–water partition coefficient (Wildman–Crippen LogP) is 4.42. The molecule has 8 nitrogen and oxygen atoms in total. The lowest BCUT2D eigenvalue weighted by Crippen LogP contribution is -2.18. The van der Waals surface area contributed by atoms with Crippen molar-refractivity contribution in [3.63, 3.8) is 0 Å². The van der Waals surface area contributed by atoms with Gasteiger partial charge in [-0.3, -0.25) is 14.9 Å². The van der Waals surface area contributed by atoms with E-state index in [1.165, 1.54) is 6.20 Å². The van der Waals surface area contributed by atoms with Crippen LogP contribution in [0.1, 0.15) is 10.5 Å². The molecule has 0 aliphatic carbocycles. The molecule has 0 saturated carbocycles. The first-order valence-electron chi connectivity index (χ1n) is 9.11. The highest BCUT2D eigenvalue weighted by Gasteiger charge is 2.15. The van der Waals surface area contributed by atoms with E-state index in [2.05, 4.69) is 46.4 Å². The first-order valence-corrected chi connectivity index (χ1v) is 9.90. The van der Waals surface area contributed by atoms with Crippen LogP contribution in [0.4, 0.5) is 0 Å². The van der Waals surface area contributed by atoms with Crippen molar-refractivity contribution in [2.24, 2.45) is 0 Å². The van der Waals surface area contributed by atoms with Crippen molar-refractivity contribution in [2.75, 3.05) is 7.05 Å². The molecular formula is C21H15BrN6O2. The molecule has 5 rings (SSSR count). The SMILES string of the molecule is CNC(=O)c1cc(Oc2ccc3nc(-c4n[nH]c5cccc(Br)c45)[nH]c3c2)ccn1. The van der Waals surface area contributed by atoms with Gasteiger partial charge in [0.15, 0.2) is 5.82 Å². The van der Waals surface area contributed by atoms with E-state index in [4.69, 9.17) is 4.74 Å². The zero-order chi connectivity index (χ0) is 20.7. The number of ether oxygens (including phenoxy) is 1. The lowest BCUT2D eigenvalue weighted by molar-refractivity contribution is 0.0958. The number of H-pyrrole nitrogens is 2. The molecule has 1 amide bonds. The van der Waals surface area contributed by atoms with Crippen LogP contribution in [0.3, 0.4) is 0 Å². The molecule has 3 heterocycles. The molecule has 0 saturated heterocycles. The molecule has 30 heavy (non-hydrogen) atoms. The fraction of sp³-hybridized carbons (Fsp3) is 0.0476. The van der Waals surface area contributed by atoms with Crippen molar-refractivity contribution in [3.05, 3.63) is 64.9 Å². The highest BCUT2D eigenvalue weighted by Crippen LogP contribution is 2.32. The third-order valence-corrected chi connectivity index (χ3v) is 5.30. The second-order valence-corrected chi connectivity index (χ2v) is 7.41. The number of halogens is 1. The Morgan fingerprint density at radius 1 is 1.10 bits per heavy atom. The average molecular weight is 463 g/mol. The summed E-state index contributed by atoms with van der Waals surface area (Å²) in [4.78, 5) is 23.8. The fourth-order valence-electron chi connectivity index (χ4n) is 3.23. The molecule has 2 aromatic carbocycles. The number of carbonyl (C=O) groups excluding carboxylic acids is 1. The lowest BCUT2D eigenvalue weighted by Gasteiger charge is -2.06. The minimum absolute atomic E-state index is 0.272. The van der Waals surface area contributed by atoms with E-state index in [1.807, 2.05) is 36.4 Å². The molecule has 5 aromatic rings. The number of imidazole rings is 1. The van der Waals surface area contributed by atoms with E-state index in [1.54, 1.807) is 19.2 Å². The summed E-state index contributed by atoms with van der Waals surface area (Å²) in [6.07, 6.45) is 1.54. The Hall–Kier alpha value is -3.72. The number of fused-ring (bicyclic) bond motifs is 2. The average Bonchev–Trinajstić information content (AvgIpc) is 3.37. The molecule has 0 fully saturated rings. The van der Waals surface area contributed by atoms with Gasteiger partial charge in [0.1, 0.15) is 22.9 Å². The first kappa shape index (κ1) is 18.3. The molecule has 3 aromatic heterocycles. The number of hydrogen-bond acceptors (Lipinski definition) is 5. The third kappa shape index (κ3) is 3.18. The molecule has 0 bridgehead atoms. The van der Waals surface area contributed by atoms with Gasteiger partial charge < -0.3 is 15.0 Å². The summed E-state index contributed by atoms with van der Waals surface area (Å²) in [6.45, 7) is 0. The topological polar surface area (TPSA) is 109 Å². The minimum atomic E-state index is -0.272. The third-order valence-electron chi connectivity index (χ3n) is 4.64. The van der Waals surface area contributed by atoms with Crippen molar-refractivity contribution in [2.45, 2.75) is 0 Å². The number of aromatic amines is 2. The lowest BCUT2D eigenvalue weighted by atomic mass is 10.2. The standard InChI is InChI=1S/C21H15BrN6O2/c1-23-21(29)17-10-12(7-8-24-17)30-11-5-6-14-16(9-11)26-20(25-14)19-18-13(22)3-2-4-15(18)27-28-19/h2-10H,1H3,(H,23,29)(H,25,26)(H,27,28). The maximum Gasteiger partial charge on any atom is 0.269 e. The van der Waals surface area contributed by atoms with Gasteiger partial charge in [-0.15, -0.1) is 0 Å². The van der Waals surface area contributed by atoms with Gasteiger partial charge in [0.25, 0.3) is 5.91 Å². The summed E-state index contributed by atoms with van der Waals surface area (Å²) < 4.78 is 6.86. The number of amides is 1. The Morgan fingerprint density at radius 3 is 2.83 bits per heavy atom. The maximum absolute atomic E-state index is 11.8. The quantitative estimate of drug-likeness (QED) is 0.366. The van der Waals surface area contributed by atoms with Crippen LogP contribution in [0.25, 0.3) is 33.5 Å². The van der Waals surface area contributed by atoms with Crippen molar-refractivity contribution in [3.8, 4) is 23.0 Å². The van der Waals surface area contributed by atoms with E-state index in [0.717, 1.165) is 32.1 Å². The number of nitrogens with zero attached hydrogens (tertiary/aromatic N) is 3. The van der Waals surface area contributed by atoms with Gasteiger partial charge in [-0.05, 0) is 30.3 Å². The number of benzene rings is 2. The number of aromatic nitrogens is 5. The highest BCUT2D eigenvalue weighted by molar-refractivity contribution is 9.10. The molecule has 0 unspecified atom stereocenters. The molecular weight excluding hydrogens is 448 g/mol. The second-order valence-electron chi connectivity index (χ2n) is 6.56. The summed E-state index contributed by atoms with van der Waals surface area (Å²) in [5.41, 5.74) is 3.55. The zero-order valence-corrected chi connectivity index (χ0v) is 17.3. The van der Waals surface area contributed by atoms with Gasteiger partial charge in [-0.25, -0.2) is 4.98 Å². The molecule has 0 spiro atoms. The number of carbonyl (C=O) groups is 1. The van der Waals surface area contributed by atoms with Crippen molar-refractivity contribution < 1.29 is 9.53 Å². The van der Waals surface area contributed by atoms with Gasteiger partial charge in [-0.2, -0.15) is 5.10 Å². The van der Waals surface area contributed by atoms with E-state index >= 15 is 0 Å². The second kappa shape index (κ2) is 7.27. The summed E-state index contributed by atoms with van der Waals surface area (Å²) in [6, 6.07) is 14.7. The van der Waals surface area contributed by atoms with Crippen LogP contribution in [0.5, 0.6) is 11.5 Å². The van der Waals surface area contributed by atoms with Gasteiger partial charge in [-0.1, -0.05) is 22.0 Å². The predicted molar refractivity (Wildman–Crippen MR) is 117 cm³/mol. The normalized spacial score (nSPS) is 11.1. The van der Waals surface area contributed by atoms with Gasteiger partial charge in [0.2, 0.25) is 0 Å². The van der Waals surface area contributed by atoms with E-state index in [-0.39, 0.29) is 11.6 Å². The Morgan fingerprint density at radius 2 is 1.97 bits per heavy atom. The Bertz CT molecular complexity index is 1410. The Balaban J connectivity index is 1.49. The Kier molecular flexibility index (Phi) is 4.44. The number of pyridine rings is 1.